The molecule has 1 aromatic rings. The molecule has 0 amide bonds. The molecular weight excluding hydrogens is 172 g/mol. The van der Waals surface area contributed by atoms with Gasteiger partial charge in [0.15, 0.2) is 0 Å². The molecule has 1 aliphatic heterocycles. The zero-order valence-electron chi connectivity index (χ0n) is 8.61. The third kappa shape index (κ3) is 1.97. The maximum Gasteiger partial charge on any atom is 0.0476 e. The maximum absolute atomic E-state index is 3.44. The van der Waals surface area contributed by atoms with Gasteiger partial charge in [-0.1, -0.05) is 30.3 Å². The fourth-order valence-corrected chi connectivity index (χ4v) is 2.01. The first-order valence-electron chi connectivity index (χ1n) is 5.22. The number of hydrogen-bond acceptors (Lipinski definition) is 2. The summed E-state index contributed by atoms with van der Waals surface area (Å²) in [6.07, 6.45) is 0. The fourth-order valence-electron chi connectivity index (χ4n) is 2.01. The molecule has 1 fully saturated rings. The summed E-state index contributed by atoms with van der Waals surface area (Å²) >= 11 is 0. The Morgan fingerprint density at radius 1 is 1.36 bits per heavy atom. The molecule has 0 aliphatic carbocycles. The van der Waals surface area contributed by atoms with Gasteiger partial charge < -0.3 is 5.32 Å². The van der Waals surface area contributed by atoms with Gasteiger partial charge in [0.2, 0.25) is 0 Å². The van der Waals surface area contributed by atoms with Gasteiger partial charge in [0.25, 0.3) is 0 Å². The van der Waals surface area contributed by atoms with E-state index in [-0.39, 0.29) is 0 Å². The van der Waals surface area contributed by atoms with Crippen molar-refractivity contribution in [1.82, 2.24) is 10.2 Å². The average molecular weight is 189 g/mol. The molecule has 1 aliphatic rings. The van der Waals surface area contributed by atoms with Gasteiger partial charge in [-0.3, -0.25) is 4.90 Å². The van der Waals surface area contributed by atoms with E-state index in [1.807, 2.05) is 0 Å². The largest absolute Gasteiger partial charge is 0.314 e. The van der Waals surface area contributed by atoms with E-state index >= 15 is 0 Å². The Morgan fingerprint density at radius 3 is 2.86 bits per heavy atom. The third-order valence-electron chi connectivity index (χ3n) is 2.80. The minimum absolute atomic E-state index is 0.509. The predicted octanol–water partition coefficient (Wildman–Crippen LogP) is 1.81. The van der Waals surface area contributed by atoms with Crippen molar-refractivity contribution in [2.24, 2.45) is 0 Å². The van der Waals surface area contributed by atoms with Crippen LogP contribution in [0.4, 0.5) is 0 Å². The van der Waals surface area contributed by atoms with Gasteiger partial charge in [0.1, 0.15) is 0 Å². The lowest BCUT2D eigenvalue weighted by Gasteiger charge is -2.35. The Kier molecular flexibility index (Phi) is 3.17. The van der Waals surface area contributed by atoms with Crippen LogP contribution >= 0.6 is 0 Å². The molecule has 2 nitrogen and oxygen atoms in total. The summed E-state index contributed by atoms with van der Waals surface area (Å²) in [6, 6.07) is 11.2. The average Bonchev–Trinajstić information content (AvgIpc) is 2.30. The summed E-state index contributed by atoms with van der Waals surface area (Å²) in [5.41, 5.74) is 1.40. The SMILES string of the molecule is C[CH]N1CCNCC1c1ccccc1. The molecule has 1 aromatic carbocycles. The Bertz CT molecular complexity index is 271. The number of nitrogens with zero attached hydrogens (tertiary/aromatic N) is 1. The molecule has 1 unspecified atom stereocenters. The minimum atomic E-state index is 0.509. The van der Waals surface area contributed by atoms with E-state index in [1.54, 1.807) is 0 Å². The topological polar surface area (TPSA) is 15.3 Å². The molecule has 1 heterocycles. The number of rotatable bonds is 2. The second-order valence-corrected chi connectivity index (χ2v) is 3.63. The highest BCUT2D eigenvalue weighted by Crippen LogP contribution is 2.22. The van der Waals surface area contributed by atoms with Crippen LogP contribution in [0.15, 0.2) is 30.3 Å². The molecule has 1 N–H and O–H groups in total. The van der Waals surface area contributed by atoms with Crippen LogP contribution in [0.2, 0.25) is 0 Å². The molecule has 75 valence electrons. The van der Waals surface area contributed by atoms with Crippen molar-refractivity contribution in [1.29, 1.82) is 0 Å². The number of piperazine rings is 1. The van der Waals surface area contributed by atoms with Gasteiger partial charge in [-0.05, 0) is 12.5 Å². The highest BCUT2D eigenvalue weighted by molar-refractivity contribution is 5.20. The Labute approximate surface area is 85.9 Å². The van der Waals surface area contributed by atoms with Crippen molar-refractivity contribution >= 4 is 0 Å². The standard InChI is InChI=1S/C12H17N2/c1-2-14-9-8-13-10-12(14)11-6-4-3-5-7-11/h2-7,12-13H,8-10H2,1H3. The zero-order valence-corrected chi connectivity index (χ0v) is 8.61. The lowest BCUT2D eigenvalue weighted by Crippen LogP contribution is -2.44. The van der Waals surface area contributed by atoms with E-state index in [0.29, 0.717) is 6.04 Å². The Morgan fingerprint density at radius 2 is 2.14 bits per heavy atom. The van der Waals surface area contributed by atoms with Crippen LogP contribution in [0.1, 0.15) is 18.5 Å². The van der Waals surface area contributed by atoms with Crippen LogP contribution in [0.3, 0.4) is 0 Å². The van der Waals surface area contributed by atoms with Crippen LogP contribution in [-0.4, -0.2) is 24.5 Å². The number of nitrogens with one attached hydrogen (secondary N) is 1. The lowest BCUT2D eigenvalue weighted by atomic mass is 10.0. The minimum Gasteiger partial charge on any atom is -0.314 e. The maximum atomic E-state index is 3.44. The predicted molar refractivity (Wildman–Crippen MR) is 58.7 cm³/mol. The first-order chi connectivity index (χ1) is 6.92. The zero-order chi connectivity index (χ0) is 9.80. The Hall–Kier alpha value is -0.860. The van der Waals surface area contributed by atoms with E-state index in [1.165, 1.54) is 5.56 Å². The summed E-state index contributed by atoms with van der Waals surface area (Å²) in [4.78, 5) is 2.41. The molecule has 0 aromatic heterocycles. The molecule has 0 spiro atoms. The van der Waals surface area contributed by atoms with Crippen molar-refractivity contribution in [3.8, 4) is 0 Å². The summed E-state index contributed by atoms with van der Waals surface area (Å²) in [6.45, 7) is 7.55. The van der Waals surface area contributed by atoms with Gasteiger partial charge in [0, 0.05) is 32.2 Å². The quantitative estimate of drug-likeness (QED) is 0.763. The third-order valence-corrected chi connectivity index (χ3v) is 2.80. The van der Waals surface area contributed by atoms with E-state index in [4.69, 9.17) is 0 Å². The van der Waals surface area contributed by atoms with E-state index in [9.17, 15) is 0 Å². The smallest absolute Gasteiger partial charge is 0.0476 e. The second kappa shape index (κ2) is 4.58. The van der Waals surface area contributed by atoms with Crippen molar-refractivity contribution < 1.29 is 0 Å². The molecule has 1 radical (unpaired) electrons. The van der Waals surface area contributed by atoms with Gasteiger partial charge >= 0.3 is 0 Å². The number of benzene rings is 1. The molecule has 14 heavy (non-hydrogen) atoms. The van der Waals surface area contributed by atoms with E-state index < -0.39 is 0 Å². The van der Waals surface area contributed by atoms with Gasteiger partial charge in [-0.25, -0.2) is 0 Å². The Balaban J connectivity index is 2.15. The van der Waals surface area contributed by atoms with Gasteiger partial charge in [-0.15, -0.1) is 0 Å². The van der Waals surface area contributed by atoms with Crippen LogP contribution in [0.5, 0.6) is 0 Å². The first kappa shape index (κ1) is 9.69. The molecule has 0 saturated carbocycles. The number of hydrogen-bond donors (Lipinski definition) is 1. The van der Waals surface area contributed by atoms with Crippen molar-refractivity contribution in [3.05, 3.63) is 42.4 Å². The highest BCUT2D eigenvalue weighted by atomic mass is 15.2. The lowest BCUT2D eigenvalue weighted by molar-refractivity contribution is 0.205. The normalized spacial score (nSPS) is 23.6. The summed E-state index contributed by atoms with van der Waals surface area (Å²) in [5.74, 6) is 0. The van der Waals surface area contributed by atoms with Crippen LogP contribution in [0, 0.1) is 6.54 Å². The first-order valence-corrected chi connectivity index (χ1v) is 5.22. The van der Waals surface area contributed by atoms with Gasteiger partial charge in [-0.2, -0.15) is 0 Å². The summed E-state index contributed by atoms with van der Waals surface area (Å²) < 4.78 is 0. The second-order valence-electron chi connectivity index (χ2n) is 3.63. The van der Waals surface area contributed by atoms with E-state index in [0.717, 1.165) is 19.6 Å². The van der Waals surface area contributed by atoms with Crippen LogP contribution in [0.25, 0.3) is 0 Å². The van der Waals surface area contributed by atoms with Crippen molar-refractivity contribution in [3.63, 3.8) is 0 Å². The molecule has 1 atom stereocenters. The van der Waals surface area contributed by atoms with Crippen molar-refractivity contribution in [2.75, 3.05) is 19.6 Å². The van der Waals surface area contributed by atoms with Crippen LogP contribution in [-0.2, 0) is 0 Å². The highest BCUT2D eigenvalue weighted by Gasteiger charge is 2.21. The molecule has 2 rings (SSSR count). The summed E-state index contributed by atoms with van der Waals surface area (Å²) in [7, 11) is 0. The monoisotopic (exact) mass is 189 g/mol. The van der Waals surface area contributed by atoms with E-state index in [2.05, 4.69) is 54.0 Å². The molecule has 1 saturated heterocycles. The van der Waals surface area contributed by atoms with Crippen LogP contribution < -0.4 is 5.32 Å². The fraction of sp³-hybridized carbons (Fsp3) is 0.417. The van der Waals surface area contributed by atoms with Gasteiger partial charge in [0.05, 0.1) is 0 Å². The molecule has 2 heteroatoms. The molecular formula is C12H17N2. The van der Waals surface area contributed by atoms with Crippen molar-refractivity contribution in [2.45, 2.75) is 13.0 Å². The molecule has 0 bridgehead atoms. The summed E-state index contributed by atoms with van der Waals surface area (Å²) in [5, 5.41) is 3.44.